The number of aryl methyl sites for hydroxylation is 1. The van der Waals surface area contributed by atoms with E-state index in [-0.39, 0.29) is 0 Å². The molecule has 3 aromatic heterocycles. The van der Waals surface area contributed by atoms with Crippen molar-refractivity contribution < 1.29 is 0 Å². The summed E-state index contributed by atoms with van der Waals surface area (Å²) in [6.07, 6.45) is 7.20. The molecule has 0 radical (unpaired) electrons. The Morgan fingerprint density at radius 3 is 3.18 bits per heavy atom. The highest BCUT2D eigenvalue weighted by atomic mass is 15.1. The zero-order valence-electron chi connectivity index (χ0n) is 9.38. The van der Waals surface area contributed by atoms with Gasteiger partial charge in [0.1, 0.15) is 5.52 Å². The minimum atomic E-state index is 0.680. The number of nitrogens with zero attached hydrogens (tertiary/aromatic N) is 4. The van der Waals surface area contributed by atoms with E-state index in [2.05, 4.69) is 25.5 Å². The van der Waals surface area contributed by atoms with Crippen molar-refractivity contribution in [1.82, 2.24) is 24.7 Å². The van der Waals surface area contributed by atoms with E-state index >= 15 is 0 Å². The average Bonchev–Trinajstić information content (AvgIpc) is 2.97. The summed E-state index contributed by atoms with van der Waals surface area (Å²) in [7, 11) is 1.97. The number of nitrogens with one attached hydrogen (secondary N) is 2. The molecular weight excluding hydrogens is 216 g/mol. The Kier molecular flexibility index (Phi) is 2.25. The van der Waals surface area contributed by atoms with Crippen LogP contribution in [0.2, 0.25) is 0 Å². The summed E-state index contributed by atoms with van der Waals surface area (Å²) < 4.78 is 1.97. The van der Waals surface area contributed by atoms with E-state index in [0.29, 0.717) is 6.54 Å². The molecule has 3 aromatic rings. The quantitative estimate of drug-likeness (QED) is 0.709. The molecule has 17 heavy (non-hydrogen) atoms. The van der Waals surface area contributed by atoms with Crippen LogP contribution in [0.3, 0.4) is 0 Å². The number of aromatic amines is 1. The third-order valence-electron chi connectivity index (χ3n) is 2.66. The third kappa shape index (κ3) is 1.73. The van der Waals surface area contributed by atoms with Gasteiger partial charge in [-0.05, 0) is 6.07 Å². The van der Waals surface area contributed by atoms with Crippen LogP contribution in [0.15, 0.2) is 31.0 Å². The molecule has 0 amide bonds. The number of pyridine rings is 1. The van der Waals surface area contributed by atoms with Crippen LogP contribution in [0.4, 0.5) is 5.82 Å². The van der Waals surface area contributed by atoms with Crippen LogP contribution in [0, 0.1) is 0 Å². The molecule has 0 unspecified atom stereocenters. The van der Waals surface area contributed by atoms with Crippen LogP contribution >= 0.6 is 0 Å². The molecular formula is C11H12N6. The van der Waals surface area contributed by atoms with Crippen LogP contribution in [-0.2, 0) is 13.6 Å². The lowest BCUT2D eigenvalue weighted by Gasteiger charge is -2.04. The van der Waals surface area contributed by atoms with Gasteiger partial charge in [0.05, 0.1) is 18.0 Å². The van der Waals surface area contributed by atoms with Gasteiger partial charge < -0.3 is 9.88 Å². The topological polar surface area (TPSA) is 71.4 Å². The second-order valence-electron chi connectivity index (χ2n) is 3.84. The van der Waals surface area contributed by atoms with Crippen LogP contribution < -0.4 is 5.32 Å². The molecule has 3 heterocycles. The largest absolute Gasteiger partial charge is 0.364 e. The molecule has 6 heteroatoms. The predicted octanol–water partition coefficient (Wildman–Crippen LogP) is 1.30. The number of imidazole rings is 1. The van der Waals surface area contributed by atoms with E-state index in [1.807, 2.05) is 23.9 Å². The number of hydrogen-bond donors (Lipinski definition) is 2. The van der Waals surface area contributed by atoms with E-state index in [1.165, 1.54) is 0 Å². The van der Waals surface area contributed by atoms with Gasteiger partial charge in [0.15, 0.2) is 5.82 Å². The van der Waals surface area contributed by atoms with Gasteiger partial charge in [-0.3, -0.25) is 5.10 Å². The Bertz CT molecular complexity index is 625. The number of fused-ring (bicyclic) bond motifs is 1. The van der Waals surface area contributed by atoms with Crippen molar-refractivity contribution in [1.29, 1.82) is 0 Å². The normalized spacial score (nSPS) is 10.9. The Balaban J connectivity index is 1.90. The lowest BCUT2D eigenvalue weighted by Crippen LogP contribution is -2.01. The second kappa shape index (κ2) is 3.89. The van der Waals surface area contributed by atoms with Gasteiger partial charge in [-0.2, -0.15) is 5.10 Å². The van der Waals surface area contributed by atoms with E-state index < -0.39 is 0 Å². The molecule has 0 aliphatic rings. The van der Waals surface area contributed by atoms with Gasteiger partial charge >= 0.3 is 0 Å². The zero-order chi connectivity index (χ0) is 11.7. The maximum Gasteiger partial charge on any atom is 0.154 e. The second-order valence-corrected chi connectivity index (χ2v) is 3.84. The van der Waals surface area contributed by atoms with Crippen molar-refractivity contribution in [2.75, 3.05) is 5.32 Å². The molecule has 0 aliphatic carbocycles. The highest BCUT2D eigenvalue weighted by Gasteiger charge is 2.06. The van der Waals surface area contributed by atoms with Gasteiger partial charge in [0, 0.05) is 31.5 Å². The minimum absolute atomic E-state index is 0.680. The molecule has 0 fully saturated rings. The Morgan fingerprint density at radius 1 is 1.41 bits per heavy atom. The minimum Gasteiger partial charge on any atom is -0.364 e. The monoisotopic (exact) mass is 228 g/mol. The molecule has 0 spiro atoms. The molecule has 0 saturated heterocycles. The Hall–Kier alpha value is -2.37. The van der Waals surface area contributed by atoms with E-state index in [1.54, 1.807) is 18.7 Å². The lowest BCUT2D eigenvalue weighted by atomic mass is 10.3. The maximum absolute atomic E-state index is 4.33. The Morgan fingerprint density at radius 2 is 2.35 bits per heavy atom. The number of rotatable bonds is 3. The summed E-state index contributed by atoms with van der Waals surface area (Å²) in [5.41, 5.74) is 3.04. The van der Waals surface area contributed by atoms with Gasteiger partial charge in [0.25, 0.3) is 0 Å². The highest BCUT2D eigenvalue weighted by molar-refractivity contribution is 5.85. The van der Waals surface area contributed by atoms with E-state index in [4.69, 9.17) is 0 Å². The molecule has 86 valence electrons. The summed E-state index contributed by atoms with van der Waals surface area (Å²) >= 11 is 0. The third-order valence-corrected chi connectivity index (χ3v) is 2.66. The van der Waals surface area contributed by atoms with Gasteiger partial charge in [-0.1, -0.05) is 0 Å². The summed E-state index contributed by atoms with van der Waals surface area (Å²) in [4.78, 5) is 8.63. The van der Waals surface area contributed by atoms with E-state index in [9.17, 15) is 0 Å². The maximum atomic E-state index is 4.33. The van der Waals surface area contributed by atoms with Gasteiger partial charge in [0.2, 0.25) is 0 Å². The van der Waals surface area contributed by atoms with Crippen LogP contribution in [0.25, 0.3) is 11.0 Å². The van der Waals surface area contributed by atoms with Crippen molar-refractivity contribution in [2.24, 2.45) is 7.05 Å². The smallest absolute Gasteiger partial charge is 0.154 e. The fraction of sp³-hybridized carbons (Fsp3) is 0.182. The summed E-state index contributed by atoms with van der Waals surface area (Å²) in [6.45, 7) is 0.680. The molecule has 3 rings (SSSR count). The number of anilines is 1. The first-order valence-corrected chi connectivity index (χ1v) is 5.32. The van der Waals surface area contributed by atoms with Crippen molar-refractivity contribution in [3.8, 4) is 0 Å². The van der Waals surface area contributed by atoms with Crippen molar-refractivity contribution >= 4 is 16.9 Å². The van der Waals surface area contributed by atoms with Crippen molar-refractivity contribution in [3.63, 3.8) is 0 Å². The van der Waals surface area contributed by atoms with Crippen LogP contribution in [0.1, 0.15) is 5.56 Å². The van der Waals surface area contributed by atoms with E-state index in [0.717, 1.165) is 22.4 Å². The van der Waals surface area contributed by atoms with Gasteiger partial charge in [-0.15, -0.1) is 0 Å². The lowest BCUT2D eigenvalue weighted by molar-refractivity contribution is 0.947. The molecule has 0 bridgehead atoms. The highest BCUT2D eigenvalue weighted by Crippen LogP contribution is 2.18. The fourth-order valence-corrected chi connectivity index (χ4v) is 1.75. The number of aromatic nitrogens is 5. The average molecular weight is 228 g/mol. The van der Waals surface area contributed by atoms with Crippen LogP contribution in [-0.4, -0.2) is 24.7 Å². The fourth-order valence-electron chi connectivity index (χ4n) is 1.75. The Labute approximate surface area is 97.7 Å². The predicted molar refractivity (Wildman–Crippen MR) is 64.4 cm³/mol. The number of hydrogen-bond acceptors (Lipinski definition) is 4. The first-order valence-electron chi connectivity index (χ1n) is 5.32. The first-order chi connectivity index (χ1) is 8.34. The molecule has 0 aliphatic heterocycles. The van der Waals surface area contributed by atoms with Crippen molar-refractivity contribution in [2.45, 2.75) is 6.54 Å². The molecule has 6 nitrogen and oxygen atoms in total. The molecule has 2 N–H and O–H groups in total. The van der Waals surface area contributed by atoms with Crippen LogP contribution in [0.5, 0.6) is 0 Å². The molecule has 0 saturated carbocycles. The standard InChI is InChI=1S/C11H12N6/c1-17-7-14-10-9(17)2-3-12-11(10)13-4-8-5-15-16-6-8/h2-3,5-7H,4H2,1H3,(H,12,13)(H,15,16). The SMILES string of the molecule is Cn1cnc2c(NCc3cn[nH]c3)nccc21. The van der Waals surface area contributed by atoms with Crippen molar-refractivity contribution in [3.05, 3.63) is 36.5 Å². The summed E-state index contributed by atoms with van der Waals surface area (Å²) in [6, 6.07) is 1.95. The summed E-state index contributed by atoms with van der Waals surface area (Å²) in [5.74, 6) is 0.796. The first kappa shape index (κ1) is 9.83. The zero-order valence-corrected chi connectivity index (χ0v) is 9.38. The summed E-state index contributed by atoms with van der Waals surface area (Å²) in [5, 5.41) is 9.93. The molecule has 0 aromatic carbocycles. The molecule has 0 atom stereocenters. The number of H-pyrrole nitrogens is 1. The van der Waals surface area contributed by atoms with Gasteiger partial charge in [-0.25, -0.2) is 9.97 Å².